The number of fused-ring (bicyclic) bond motifs is 2. The lowest BCUT2D eigenvalue weighted by molar-refractivity contribution is -0.319. The van der Waals surface area contributed by atoms with E-state index < -0.39 is 66.0 Å². The van der Waals surface area contributed by atoms with Gasteiger partial charge in [-0.15, -0.1) is 6.58 Å². The van der Waals surface area contributed by atoms with Crippen molar-refractivity contribution in [2.75, 3.05) is 26.9 Å². The second-order valence-electron chi connectivity index (χ2n) is 14.2. The van der Waals surface area contributed by atoms with Crippen LogP contribution >= 0.6 is 0 Å². The van der Waals surface area contributed by atoms with E-state index in [1.54, 1.807) is 27.0 Å². The van der Waals surface area contributed by atoms with Gasteiger partial charge in [0.1, 0.15) is 30.5 Å². The predicted octanol–water partition coefficient (Wildman–Crippen LogP) is 2.04. The molecule has 11 heteroatoms. The molecule has 0 aromatic heterocycles. The van der Waals surface area contributed by atoms with E-state index in [0.717, 1.165) is 24.0 Å². The fraction of sp³-hybridized carbons (Fsp3) is 0.794. The molecule has 2 fully saturated rings. The Morgan fingerprint density at radius 1 is 1.13 bits per heavy atom. The molecule has 1 saturated heterocycles. The number of methoxy groups -OCH3 is 1. The van der Waals surface area contributed by atoms with Crippen LogP contribution in [0.1, 0.15) is 60.8 Å². The van der Waals surface area contributed by atoms with Gasteiger partial charge in [-0.25, -0.2) is 0 Å². The van der Waals surface area contributed by atoms with E-state index in [0.29, 0.717) is 12.2 Å². The van der Waals surface area contributed by atoms with Gasteiger partial charge in [0, 0.05) is 31.3 Å². The summed E-state index contributed by atoms with van der Waals surface area (Å²) in [5.41, 5.74) is 0.864. The van der Waals surface area contributed by atoms with Crippen LogP contribution in [0.2, 0.25) is 0 Å². The molecule has 0 spiro atoms. The van der Waals surface area contributed by atoms with Gasteiger partial charge in [-0.1, -0.05) is 37.1 Å². The summed E-state index contributed by atoms with van der Waals surface area (Å²) in [6.07, 6.45) is -4.51. The molecule has 1 saturated carbocycles. The van der Waals surface area contributed by atoms with Crippen LogP contribution in [0.4, 0.5) is 0 Å². The molecular formula is C34H54O11. The van der Waals surface area contributed by atoms with Crippen LogP contribution < -0.4 is 0 Å². The van der Waals surface area contributed by atoms with Crippen molar-refractivity contribution in [3.63, 3.8) is 0 Å². The van der Waals surface area contributed by atoms with Crippen LogP contribution in [-0.2, 0) is 28.5 Å². The van der Waals surface area contributed by atoms with Crippen molar-refractivity contribution < 1.29 is 54.0 Å². The van der Waals surface area contributed by atoms with E-state index in [1.165, 1.54) is 6.92 Å². The average Bonchev–Trinajstić information content (AvgIpc) is 3.49. The fourth-order valence-electron chi connectivity index (χ4n) is 7.56. The van der Waals surface area contributed by atoms with Gasteiger partial charge in [0.25, 0.3) is 0 Å². The summed E-state index contributed by atoms with van der Waals surface area (Å²) in [5, 5.41) is 56.5. The summed E-state index contributed by atoms with van der Waals surface area (Å²) >= 11 is 0. The SMILES string of the molecule is C=CC(C)(C)OC[C@H]1O[C@H](O[C@H]2C3=C([C@H](C)COC(C)=O)C[C@H](O)[C@]3(C)/C=C3/[C@@H](COC)CC[C@H]3[C@@H](C)[C@H]2O)[C@@H](O)[C@H](O)[C@@H]1O. The fourth-order valence-corrected chi connectivity index (χ4v) is 7.56. The van der Waals surface area contributed by atoms with Crippen LogP contribution in [0.5, 0.6) is 0 Å². The lowest BCUT2D eigenvalue weighted by atomic mass is 9.68. The maximum Gasteiger partial charge on any atom is 0.302 e. The van der Waals surface area contributed by atoms with Crippen molar-refractivity contribution >= 4 is 5.97 Å². The Morgan fingerprint density at radius 3 is 2.44 bits per heavy atom. The van der Waals surface area contributed by atoms with E-state index in [-0.39, 0.29) is 43.3 Å². The number of hydrogen-bond acceptors (Lipinski definition) is 11. The Hall–Kier alpha value is -1.67. The number of hydrogen-bond donors (Lipinski definition) is 5. The van der Waals surface area contributed by atoms with Gasteiger partial charge in [-0.05, 0) is 57.4 Å². The predicted molar refractivity (Wildman–Crippen MR) is 165 cm³/mol. The van der Waals surface area contributed by atoms with Gasteiger partial charge < -0.3 is 49.2 Å². The third kappa shape index (κ3) is 7.27. The minimum absolute atomic E-state index is 0.00578. The monoisotopic (exact) mass is 638 g/mol. The highest BCUT2D eigenvalue weighted by Gasteiger charge is 2.55. The molecule has 13 atom stereocenters. The maximum absolute atomic E-state index is 12.1. The highest BCUT2D eigenvalue weighted by Crippen LogP contribution is 2.55. The number of aliphatic hydroxyl groups is 5. The van der Waals surface area contributed by atoms with E-state index in [1.807, 2.05) is 20.8 Å². The summed E-state index contributed by atoms with van der Waals surface area (Å²) in [7, 11) is 1.67. The van der Waals surface area contributed by atoms with E-state index in [9.17, 15) is 30.3 Å². The molecule has 4 aliphatic rings. The van der Waals surface area contributed by atoms with Crippen molar-refractivity contribution in [3.8, 4) is 0 Å². The van der Waals surface area contributed by atoms with Gasteiger partial charge >= 0.3 is 5.97 Å². The normalized spacial score (nSPS) is 42.2. The summed E-state index contributed by atoms with van der Waals surface area (Å²) in [5.74, 6) is -0.878. The molecule has 0 aromatic rings. The van der Waals surface area contributed by atoms with E-state index >= 15 is 0 Å². The van der Waals surface area contributed by atoms with Gasteiger partial charge in [-0.3, -0.25) is 4.79 Å². The van der Waals surface area contributed by atoms with Gasteiger partial charge in [-0.2, -0.15) is 0 Å². The third-order valence-electron chi connectivity index (χ3n) is 10.6. The first-order chi connectivity index (χ1) is 21.1. The zero-order valence-corrected chi connectivity index (χ0v) is 27.7. The molecule has 45 heavy (non-hydrogen) atoms. The molecule has 256 valence electrons. The Morgan fingerprint density at radius 2 is 1.82 bits per heavy atom. The molecule has 5 N–H and O–H groups in total. The number of carbonyl (C=O) groups excluding carboxylic acids is 1. The first-order valence-electron chi connectivity index (χ1n) is 16.1. The topological polar surface area (TPSA) is 164 Å². The highest BCUT2D eigenvalue weighted by atomic mass is 16.7. The Labute approximate surface area is 266 Å². The Bertz CT molecular complexity index is 1130. The van der Waals surface area contributed by atoms with E-state index in [4.69, 9.17) is 23.7 Å². The van der Waals surface area contributed by atoms with Crippen LogP contribution in [0.3, 0.4) is 0 Å². The van der Waals surface area contributed by atoms with Crippen LogP contribution in [-0.4, -0.2) is 113 Å². The second kappa shape index (κ2) is 14.2. The second-order valence-corrected chi connectivity index (χ2v) is 14.2. The third-order valence-corrected chi connectivity index (χ3v) is 10.6. The zero-order valence-electron chi connectivity index (χ0n) is 27.7. The van der Waals surface area contributed by atoms with Crippen LogP contribution in [0.15, 0.2) is 35.5 Å². The summed E-state index contributed by atoms with van der Waals surface area (Å²) in [6, 6.07) is 0. The molecule has 11 nitrogen and oxygen atoms in total. The van der Waals surface area contributed by atoms with E-state index in [2.05, 4.69) is 12.7 Å². The van der Waals surface area contributed by atoms with Crippen LogP contribution in [0, 0.1) is 29.1 Å². The molecule has 0 amide bonds. The van der Waals surface area contributed by atoms with Crippen molar-refractivity contribution in [2.45, 2.75) is 115 Å². The molecule has 0 bridgehead atoms. The van der Waals surface area contributed by atoms with Crippen molar-refractivity contribution in [1.82, 2.24) is 0 Å². The largest absolute Gasteiger partial charge is 0.465 e. The van der Waals surface area contributed by atoms with Crippen LogP contribution in [0.25, 0.3) is 0 Å². The van der Waals surface area contributed by atoms with Crippen molar-refractivity contribution in [2.24, 2.45) is 29.1 Å². The first kappa shape index (κ1) is 36.2. The number of ether oxygens (including phenoxy) is 5. The zero-order chi connectivity index (χ0) is 33.4. The Balaban J connectivity index is 1.78. The molecule has 1 heterocycles. The first-order valence-corrected chi connectivity index (χ1v) is 16.1. The summed E-state index contributed by atoms with van der Waals surface area (Å²) in [6.45, 7) is 15.0. The maximum atomic E-state index is 12.1. The standard InChI is InChI=1S/C34H54O11/c1-9-33(5,6)43-16-24-28(38)29(39)30(40)32(44-24)45-31-26-22(17(2)14-42-19(4)35)12-25(36)34(26,7)13-23-20(15-41-8)10-11-21(23)18(3)27(31)37/h9,13,17-18,20-21,24-25,27-32,36-40H,1,10-12,14-16H2,2-8H3/b23-13-/t17-,18-,20-,21+,24-,25+,27-,28-,29-,30+,31+,32-,34+/m1/s1. The Kier molecular flexibility index (Phi) is 11.4. The lowest BCUT2D eigenvalue weighted by Gasteiger charge is -2.46. The summed E-state index contributed by atoms with van der Waals surface area (Å²) in [4.78, 5) is 11.7. The average molecular weight is 639 g/mol. The van der Waals surface area contributed by atoms with Gasteiger partial charge in [0.2, 0.25) is 0 Å². The smallest absolute Gasteiger partial charge is 0.302 e. The molecule has 3 aliphatic carbocycles. The molecule has 0 radical (unpaired) electrons. The molecule has 1 aliphatic heterocycles. The number of rotatable bonds is 11. The molecule has 0 aromatic carbocycles. The van der Waals surface area contributed by atoms with Gasteiger partial charge in [0.05, 0.1) is 37.6 Å². The molecule has 4 rings (SSSR count). The minimum atomic E-state index is -1.64. The van der Waals surface area contributed by atoms with Gasteiger partial charge in [0.15, 0.2) is 6.29 Å². The minimum Gasteiger partial charge on any atom is -0.465 e. The summed E-state index contributed by atoms with van der Waals surface area (Å²) < 4.78 is 29.3. The van der Waals surface area contributed by atoms with Crippen molar-refractivity contribution in [1.29, 1.82) is 0 Å². The lowest BCUT2D eigenvalue weighted by Crippen LogP contribution is -2.61. The van der Waals surface area contributed by atoms with Crippen molar-refractivity contribution in [3.05, 3.63) is 35.5 Å². The molecule has 0 unspecified atom stereocenters. The molecular weight excluding hydrogens is 584 g/mol. The number of esters is 1. The number of aliphatic hydroxyl groups excluding tert-OH is 5. The highest BCUT2D eigenvalue weighted by molar-refractivity contribution is 5.65. The number of carbonyl (C=O) groups is 1. The quantitative estimate of drug-likeness (QED) is 0.166.